The Bertz CT molecular complexity index is 276. The monoisotopic (exact) mass is 237 g/mol. The smallest absolute Gasteiger partial charge is 0.0638 e. The average Bonchev–Trinajstić information content (AvgIpc) is 2.11. The quantitative estimate of drug-likeness (QED) is 0.617. The number of rotatable bonds is 4. The van der Waals surface area contributed by atoms with Crippen molar-refractivity contribution in [1.29, 1.82) is 0 Å². The summed E-state index contributed by atoms with van der Waals surface area (Å²) >= 11 is 17.3. The number of halogens is 3. The topological polar surface area (TPSA) is 12.0 Å². The highest BCUT2D eigenvalue weighted by Gasteiger charge is 1.99. The molecule has 72 valence electrons. The van der Waals surface area contributed by atoms with Crippen molar-refractivity contribution in [2.75, 3.05) is 17.7 Å². The first kappa shape index (κ1) is 11.0. The zero-order chi connectivity index (χ0) is 9.68. The van der Waals surface area contributed by atoms with E-state index in [0.29, 0.717) is 15.9 Å². The first-order valence-electron chi connectivity index (χ1n) is 3.99. The molecule has 13 heavy (non-hydrogen) atoms. The maximum absolute atomic E-state index is 5.92. The number of nitrogens with one attached hydrogen (secondary N) is 1. The lowest BCUT2D eigenvalue weighted by Gasteiger charge is -2.07. The third-order valence-electron chi connectivity index (χ3n) is 1.55. The molecule has 0 aliphatic carbocycles. The van der Waals surface area contributed by atoms with Gasteiger partial charge in [0, 0.05) is 17.4 Å². The first-order chi connectivity index (χ1) is 6.24. The lowest BCUT2D eigenvalue weighted by atomic mass is 10.3. The van der Waals surface area contributed by atoms with Crippen LogP contribution in [-0.2, 0) is 0 Å². The Kier molecular flexibility index (Phi) is 4.71. The summed E-state index contributed by atoms with van der Waals surface area (Å²) in [6.45, 7) is 0.809. The SMILES string of the molecule is ClCCCNc1cc(Cl)ccc1Cl. The normalized spacial score (nSPS) is 10.1. The predicted octanol–water partition coefficient (Wildman–Crippen LogP) is 4.03. The van der Waals surface area contributed by atoms with Crippen LogP contribution in [0, 0.1) is 0 Å². The Labute approximate surface area is 93.0 Å². The molecular formula is C9H10Cl3N. The number of anilines is 1. The molecule has 0 amide bonds. The minimum atomic E-state index is 0.644. The van der Waals surface area contributed by atoms with Gasteiger partial charge in [-0.1, -0.05) is 23.2 Å². The average molecular weight is 239 g/mol. The molecule has 0 fully saturated rings. The van der Waals surface area contributed by atoms with Crippen LogP contribution in [-0.4, -0.2) is 12.4 Å². The lowest BCUT2D eigenvalue weighted by Crippen LogP contribution is -2.02. The van der Waals surface area contributed by atoms with Gasteiger partial charge in [-0.15, -0.1) is 11.6 Å². The van der Waals surface area contributed by atoms with Crippen LogP contribution in [0.2, 0.25) is 10.0 Å². The van der Waals surface area contributed by atoms with Crippen LogP contribution >= 0.6 is 34.8 Å². The Morgan fingerprint density at radius 3 is 2.69 bits per heavy atom. The fourth-order valence-corrected chi connectivity index (χ4v) is 1.41. The second-order valence-corrected chi connectivity index (χ2v) is 3.82. The highest BCUT2D eigenvalue weighted by molar-refractivity contribution is 6.35. The van der Waals surface area contributed by atoms with E-state index in [9.17, 15) is 0 Å². The summed E-state index contributed by atoms with van der Waals surface area (Å²) < 4.78 is 0. The van der Waals surface area contributed by atoms with Crippen LogP contribution in [0.15, 0.2) is 18.2 Å². The van der Waals surface area contributed by atoms with Crippen molar-refractivity contribution in [3.8, 4) is 0 Å². The van der Waals surface area contributed by atoms with Gasteiger partial charge in [0.15, 0.2) is 0 Å². The summed E-state index contributed by atoms with van der Waals surface area (Å²) in [5, 5.41) is 4.51. The van der Waals surface area contributed by atoms with Crippen LogP contribution in [0.4, 0.5) is 5.69 Å². The Morgan fingerprint density at radius 2 is 2.00 bits per heavy atom. The van der Waals surface area contributed by atoms with Gasteiger partial charge in [-0.05, 0) is 24.6 Å². The van der Waals surface area contributed by atoms with Crippen LogP contribution < -0.4 is 5.32 Å². The van der Waals surface area contributed by atoms with Gasteiger partial charge in [-0.25, -0.2) is 0 Å². The zero-order valence-electron chi connectivity index (χ0n) is 6.99. The van der Waals surface area contributed by atoms with Crippen molar-refractivity contribution in [1.82, 2.24) is 0 Å². The van der Waals surface area contributed by atoms with Gasteiger partial charge in [-0.3, -0.25) is 0 Å². The molecule has 1 nitrogen and oxygen atoms in total. The summed E-state index contributed by atoms with van der Waals surface area (Å²) in [7, 11) is 0. The van der Waals surface area contributed by atoms with Crippen molar-refractivity contribution in [2.24, 2.45) is 0 Å². The summed E-state index contributed by atoms with van der Waals surface area (Å²) in [6, 6.07) is 5.33. The van der Waals surface area contributed by atoms with Gasteiger partial charge in [0.2, 0.25) is 0 Å². The predicted molar refractivity (Wildman–Crippen MR) is 60.3 cm³/mol. The summed E-state index contributed by atoms with van der Waals surface area (Å²) in [5.74, 6) is 0.644. The lowest BCUT2D eigenvalue weighted by molar-refractivity contribution is 0.987. The second-order valence-electron chi connectivity index (χ2n) is 2.59. The van der Waals surface area contributed by atoms with Gasteiger partial charge in [-0.2, -0.15) is 0 Å². The van der Waals surface area contributed by atoms with Crippen molar-refractivity contribution in [3.05, 3.63) is 28.2 Å². The van der Waals surface area contributed by atoms with Gasteiger partial charge in [0.1, 0.15) is 0 Å². The molecule has 4 heteroatoms. The van der Waals surface area contributed by atoms with E-state index < -0.39 is 0 Å². The summed E-state index contributed by atoms with van der Waals surface area (Å²) in [4.78, 5) is 0. The van der Waals surface area contributed by atoms with E-state index in [1.807, 2.05) is 0 Å². The molecular weight excluding hydrogens is 228 g/mol. The minimum Gasteiger partial charge on any atom is -0.384 e. The molecule has 0 saturated carbocycles. The van der Waals surface area contributed by atoms with Crippen molar-refractivity contribution in [3.63, 3.8) is 0 Å². The van der Waals surface area contributed by atoms with Crippen molar-refractivity contribution in [2.45, 2.75) is 6.42 Å². The molecule has 1 N–H and O–H groups in total. The second kappa shape index (κ2) is 5.58. The minimum absolute atomic E-state index is 0.644. The highest BCUT2D eigenvalue weighted by Crippen LogP contribution is 2.25. The van der Waals surface area contributed by atoms with Gasteiger partial charge in [0.25, 0.3) is 0 Å². The number of alkyl halides is 1. The molecule has 0 atom stereocenters. The molecule has 0 heterocycles. The van der Waals surface area contributed by atoms with Gasteiger partial charge >= 0.3 is 0 Å². The molecule has 0 unspecified atom stereocenters. The zero-order valence-corrected chi connectivity index (χ0v) is 9.26. The van der Waals surface area contributed by atoms with E-state index in [2.05, 4.69) is 5.32 Å². The number of hydrogen-bond donors (Lipinski definition) is 1. The third kappa shape index (κ3) is 3.63. The van der Waals surface area contributed by atoms with Gasteiger partial charge in [0.05, 0.1) is 10.7 Å². The van der Waals surface area contributed by atoms with E-state index >= 15 is 0 Å². The van der Waals surface area contributed by atoms with Crippen molar-refractivity contribution < 1.29 is 0 Å². The van der Waals surface area contributed by atoms with Gasteiger partial charge < -0.3 is 5.32 Å². The standard InChI is InChI=1S/C9H10Cl3N/c10-4-1-5-13-9-6-7(11)2-3-8(9)12/h2-3,6,13H,1,4-5H2. The van der Waals surface area contributed by atoms with Crippen LogP contribution in [0.1, 0.15) is 6.42 Å². The number of benzene rings is 1. The fraction of sp³-hybridized carbons (Fsp3) is 0.333. The van der Waals surface area contributed by atoms with Crippen molar-refractivity contribution >= 4 is 40.5 Å². The molecule has 1 aromatic carbocycles. The molecule has 0 spiro atoms. The van der Waals surface area contributed by atoms with E-state index in [1.165, 1.54) is 0 Å². The Morgan fingerprint density at radius 1 is 1.23 bits per heavy atom. The maximum atomic E-state index is 5.92. The van der Waals surface area contributed by atoms with E-state index in [1.54, 1.807) is 18.2 Å². The third-order valence-corrected chi connectivity index (χ3v) is 2.39. The largest absolute Gasteiger partial charge is 0.384 e. The molecule has 0 aliphatic rings. The van der Waals surface area contributed by atoms with E-state index in [4.69, 9.17) is 34.8 Å². The van der Waals surface area contributed by atoms with E-state index in [0.717, 1.165) is 18.7 Å². The molecule has 0 aliphatic heterocycles. The fourth-order valence-electron chi connectivity index (χ4n) is 0.923. The van der Waals surface area contributed by atoms with Crippen LogP contribution in [0.3, 0.4) is 0 Å². The molecule has 1 aromatic rings. The summed E-state index contributed by atoms with van der Waals surface area (Å²) in [6.07, 6.45) is 0.907. The Hall–Kier alpha value is -0.110. The first-order valence-corrected chi connectivity index (χ1v) is 5.28. The molecule has 0 aromatic heterocycles. The number of hydrogen-bond acceptors (Lipinski definition) is 1. The molecule has 0 saturated heterocycles. The van der Waals surface area contributed by atoms with Crippen LogP contribution in [0.5, 0.6) is 0 Å². The molecule has 0 radical (unpaired) electrons. The van der Waals surface area contributed by atoms with E-state index in [-0.39, 0.29) is 0 Å². The summed E-state index contributed by atoms with van der Waals surface area (Å²) in [5.41, 5.74) is 0.860. The Balaban J connectivity index is 2.59. The maximum Gasteiger partial charge on any atom is 0.0638 e. The molecule has 1 rings (SSSR count). The van der Waals surface area contributed by atoms with Crippen LogP contribution in [0.25, 0.3) is 0 Å². The highest BCUT2D eigenvalue weighted by atomic mass is 35.5. The molecule has 0 bridgehead atoms.